The number of para-hydroxylation sites is 1. The van der Waals surface area contributed by atoms with Crippen molar-refractivity contribution in [3.05, 3.63) is 59.7 Å². The molecule has 0 unspecified atom stereocenters. The molecular formula is C16H16F3N. The van der Waals surface area contributed by atoms with E-state index in [-0.39, 0.29) is 5.69 Å². The molecule has 2 aromatic carbocycles. The van der Waals surface area contributed by atoms with E-state index in [4.69, 9.17) is 0 Å². The van der Waals surface area contributed by atoms with Crippen LogP contribution in [-0.4, -0.2) is 0 Å². The van der Waals surface area contributed by atoms with Gasteiger partial charge in [0.05, 0.1) is 11.3 Å². The highest BCUT2D eigenvalue weighted by Crippen LogP contribution is 2.35. The summed E-state index contributed by atoms with van der Waals surface area (Å²) in [5, 5.41) is 2.83. The van der Waals surface area contributed by atoms with Crippen molar-refractivity contribution in [2.45, 2.75) is 25.9 Å². The summed E-state index contributed by atoms with van der Waals surface area (Å²) in [6, 6.07) is 12.9. The van der Waals surface area contributed by atoms with Crippen LogP contribution in [0.4, 0.5) is 24.5 Å². The lowest BCUT2D eigenvalue weighted by molar-refractivity contribution is -0.136. The first-order valence-electron chi connectivity index (χ1n) is 6.41. The molecule has 1 nitrogen and oxygen atoms in total. The van der Waals surface area contributed by atoms with E-state index in [0.29, 0.717) is 11.6 Å². The molecule has 0 aromatic heterocycles. The Morgan fingerprint density at radius 3 is 2.05 bits per heavy atom. The van der Waals surface area contributed by atoms with Gasteiger partial charge in [-0.1, -0.05) is 38.1 Å². The molecule has 1 N–H and O–H groups in total. The summed E-state index contributed by atoms with van der Waals surface area (Å²) in [5.41, 5.74) is 1.20. The molecule has 0 fully saturated rings. The fraction of sp³-hybridized carbons (Fsp3) is 0.250. The zero-order chi connectivity index (χ0) is 14.8. The highest BCUT2D eigenvalue weighted by Gasteiger charge is 2.33. The van der Waals surface area contributed by atoms with Crippen LogP contribution in [0.25, 0.3) is 0 Å². The summed E-state index contributed by atoms with van der Waals surface area (Å²) in [6.45, 7) is 4.14. The Morgan fingerprint density at radius 1 is 0.900 bits per heavy atom. The number of halogens is 3. The third-order valence-corrected chi connectivity index (χ3v) is 3.09. The molecule has 0 radical (unpaired) electrons. The van der Waals surface area contributed by atoms with Crippen LogP contribution in [0.15, 0.2) is 48.5 Å². The van der Waals surface area contributed by atoms with Gasteiger partial charge in [-0.2, -0.15) is 13.2 Å². The minimum absolute atomic E-state index is 0.0669. The van der Waals surface area contributed by atoms with Gasteiger partial charge in [0.1, 0.15) is 0 Å². The second kappa shape index (κ2) is 5.57. The summed E-state index contributed by atoms with van der Waals surface area (Å²) < 4.78 is 38.6. The maximum Gasteiger partial charge on any atom is 0.418 e. The van der Waals surface area contributed by atoms with E-state index in [0.717, 1.165) is 11.6 Å². The summed E-state index contributed by atoms with van der Waals surface area (Å²) in [5.74, 6) is 0.395. The fourth-order valence-corrected chi connectivity index (χ4v) is 1.95. The number of rotatable bonds is 3. The van der Waals surface area contributed by atoms with Gasteiger partial charge in [0.15, 0.2) is 0 Å². The van der Waals surface area contributed by atoms with Gasteiger partial charge in [-0.3, -0.25) is 0 Å². The Hall–Kier alpha value is -1.97. The minimum Gasteiger partial charge on any atom is -0.355 e. The lowest BCUT2D eigenvalue weighted by atomic mass is 10.0. The second-order valence-corrected chi connectivity index (χ2v) is 4.95. The Kier molecular flexibility index (Phi) is 4.02. The van der Waals surface area contributed by atoms with Gasteiger partial charge in [0.25, 0.3) is 0 Å². The summed E-state index contributed by atoms with van der Waals surface area (Å²) in [7, 11) is 0. The predicted molar refractivity (Wildman–Crippen MR) is 75.3 cm³/mol. The molecule has 0 aliphatic heterocycles. The third kappa shape index (κ3) is 3.32. The molecule has 4 heteroatoms. The van der Waals surface area contributed by atoms with Crippen LogP contribution in [0.3, 0.4) is 0 Å². The number of anilines is 2. The largest absolute Gasteiger partial charge is 0.418 e. The van der Waals surface area contributed by atoms with E-state index in [2.05, 4.69) is 19.2 Å². The quantitative estimate of drug-likeness (QED) is 0.774. The Morgan fingerprint density at radius 2 is 1.50 bits per heavy atom. The molecule has 0 saturated carbocycles. The van der Waals surface area contributed by atoms with E-state index in [1.807, 2.05) is 12.1 Å². The molecule has 0 heterocycles. The van der Waals surface area contributed by atoms with Crippen molar-refractivity contribution in [1.82, 2.24) is 0 Å². The van der Waals surface area contributed by atoms with Crippen molar-refractivity contribution in [3.63, 3.8) is 0 Å². The van der Waals surface area contributed by atoms with Crippen LogP contribution in [-0.2, 0) is 6.18 Å². The van der Waals surface area contributed by atoms with E-state index in [9.17, 15) is 13.2 Å². The highest BCUT2D eigenvalue weighted by molar-refractivity contribution is 5.64. The lowest BCUT2D eigenvalue weighted by Gasteiger charge is -2.15. The smallest absolute Gasteiger partial charge is 0.355 e. The van der Waals surface area contributed by atoms with Gasteiger partial charge in [-0.25, -0.2) is 0 Å². The monoisotopic (exact) mass is 279 g/mol. The molecule has 2 rings (SSSR count). The second-order valence-electron chi connectivity index (χ2n) is 4.95. The number of hydrogen-bond donors (Lipinski definition) is 1. The van der Waals surface area contributed by atoms with Gasteiger partial charge >= 0.3 is 6.18 Å². The van der Waals surface area contributed by atoms with Crippen LogP contribution < -0.4 is 5.32 Å². The van der Waals surface area contributed by atoms with E-state index < -0.39 is 11.7 Å². The number of alkyl halides is 3. The van der Waals surface area contributed by atoms with Gasteiger partial charge in [0, 0.05) is 5.69 Å². The standard InChI is InChI=1S/C16H16F3N/c1-11(2)12-7-9-13(10-8-12)20-15-6-4-3-5-14(15)16(17,18)19/h3-11,20H,1-2H3. The van der Waals surface area contributed by atoms with Crippen LogP contribution in [0.2, 0.25) is 0 Å². The first kappa shape index (κ1) is 14.4. The molecule has 20 heavy (non-hydrogen) atoms. The summed E-state index contributed by atoms with van der Waals surface area (Å²) >= 11 is 0. The van der Waals surface area contributed by atoms with E-state index >= 15 is 0 Å². The molecule has 0 spiro atoms. The van der Waals surface area contributed by atoms with Crippen LogP contribution >= 0.6 is 0 Å². The van der Waals surface area contributed by atoms with Gasteiger partial charge in [0.2, 0.25) is 0 Å². The third-order valence-electron chi connectivity index (χ3n) is 3.09. The predicted octanol–water partition coefficient (Wildman–Crippen LogP) is 5.57. The van der Waals surface area contributed by atoms with Gasteiger partial charge in [-0.15, -0.1) is 0 Å². The van der Waals surface area contributed by atoms with Crippen LogP contribution in [0.5, 0.6) is 0 Å². The van der Waals surface area contributed by atoms with Crippen molar-refractivity contribution in [2.75, 3.05) is 5.32 Å². The van der Waals surface area contributed by atoms with Crippen molar-refractivity contribution in [1.29, 1.82) is 0 Å². The Labute approximate surface area is 116 Å². The molecule has 0 aliphatic carbocycles. The molecule has 0 bridgehead atoms. The molecule has 106 valence electrons. The molecule has 0 atom stereocenters. The Balaban J connectivity index is 2.26. The van der Waals surface area contributed by atoms with Crippen molar-refractivity contribution >= 4 is 11.4 Å². The molecule has 0 amide bonds. The average Bonchev–Trinajstić information content (AvgIpc) is 2.38. The van der Waals surface area contributed by atoms with Gasteiger partial charge < -0.3 is 5.32 Å². The summed E-state index contributed by atoms with van der Waals surface area (Å²) in [6.07, 6.45) is -4.36. The Bertz CT molecular complexity index is 571. The van der Waals surface area contributed by atoms with Crippen molar-refractivity contribution < 1.29 is 13.2 Å². The van der Waals surface area contributed by atoms with Crippen molar-refractivity contribution in [3.8, 4) is 0 Å². The zero-order valence-electron chi connectivity index (χ0n) is 11.3. The number of nitrogens with one attached hydrogen (secondary N) is 1. The average molecular weight is 279 g/mol. The van der Waals surface area contributed by atoms with Gasteiger partial charge in [-0.05, 0) is 35.7 Å². The first-order chi connectivity index (χ1) is 9.38. The molecule has 0 aliphatic rings. The first-order valence-corrected chi connectivity index (χ1v) is 6.41. The van der Waals surface area contributed by atoms with Crippen LogP contribution in [0, 0.1) is 0 Å². The molecule has 0 saturated heterocycles. The maximum atomic E-state index is 12.9. The fourth-order valence-electron chi connectivity index (χ4n) is 1.95. The zero-order valence-corrected chi connectivity index (χ0v) is 11.3. The molecule has 2 aromatic rings. The van der Waals surface area contributed by atoms with E-state index in [1.165, 1.54) is 12.1 Å². The lowest BCUT2D eigenvalue weighted by Crippen LogP contribution is -2.08. The van der Waals surface area contributed by atoms with E-state index in [1.54, 1.807) is 18.2 Å². The highest BCUT2D eigenvalue weighted by atomic mass is 19.4. The normalized spacial score (nSPS) is 11.7. The number of benzene rings is 2. The number of hydrogen-bond acceptors (Lipinski definition) is 1. The summed E-state index contributed by atoms with van der Waals surface area (Å²) in [4.78, 5) is 0. The molecular weight excluding hydrogens is 263 g/mol. The van der Waals surface area contributed by atoms with Crippen molar-refractivity contribution in [2.24, 2.45) is 0 Å². The minimum atomic E-state index is -4.36. The topological polar surface area (TPSA) is 12.0 Å². The SMILES string of the molecule is CC(C)c1ccc(Nc2ccccc2C(F)(F)F)cc1. The maximum absolute atomic E-state index is 12.9. The van der Waals surface area contributed by atoms with Crippen LogP contribution in [0.1, 0.15) is 30.9 Å².